The van der Waals surface area contributed by atoms with E-state index in [1.165, 1.54) is 19.3 Å². The van der Waals surface area contributed by atoms with Gasteiger partial charge < -0.3 is 9.84 Å². The molecule has 4 rings (SSSR count). The van der Waals surface area contributed by atoms with Gasteiger partial charge in [0.25, 0.3) is 0 Å². The van der Waals surface area contributed by atoms with Crippen LogP contribution in [0.2, 0.25) is 0 Å². The highest BCUT2D eigenvalue weighted by atomic mass is 16.5. The van der Waals surface area contributed by atoms with Gasteiger partial charge in [-0.25, -0.2) is 9.67 Å². The number of nitrogens with one attached hydrogen (secondary N) is 1. The Balaban J connectivity index is 1.53. The highest BCUT2D eigenvalue weighted by Gasteiger charge is 2.21. The van der Waals surface area contributed by atoms with Gasteiger partial charge in [-0.05, 0) is 55.0 Å². The van der Waals surface area contributed by atoms with Crippen LogP contribution in [0.25, 0.3) is 17.2 Å². The van der Waals surface area contributed by atoms with Crippen LogP contribution < -0.4 is 5.32 Å². The summed E-state index contributed by atoms with van der Waals surface area (Å²) in [4.78, 5) is 4.53. The Hall–Kier alpha value is -3.22. The molecule has 2 N–H and O–H groups in total. The smallest absolute Gasteiger partial charge is 0.153 e. The molecule has 6 nitrogen and oxygen atoms in total. The van der Waals surface area contributed by atoms with Crippen LogP contribution in [0.1, 0.15) is 55.7 Å². The lowest BCUT2D eigenvalue weighted by Gasteiger charge is -2.27. The zero-order chi connectivity index (χ0) is 23.9. The largest absolute Gasteiger partial charge is 0.496 e. The van der Waals surface area contributed by atoms with E-state index in [-0.39, 0.29) is 0 Å². The van der Waals surface area contributed by atoms with E-state index in [2.05, 4.69) is 28.0 Å². The number of benzene rings is 1. The number of rotatable bonds is 9. The zero-order valence-corrected chi connectivity index (χ0v) is 20.1. The standard InChI is InChI=1S/C28H34N4O2/c1-20(18-22-14-15-26(29-19-22)32-17-9-16-30-32)24-12-7-8-13-25(24)27(34-3)21(2)28(33)31-23-10-5-4-6-11-23/h7-9,12-17,19,23,28,31,33H,1,4-6,10-11,18H2,2-3H3/b27-21-. The first-order chi connectivity index (χ1) is 16.6. The van der Waals surface area contributed by atoms with Gasteiger partial charge in [0.15, 0.2) is 5.82 Å². The summed E-state index contributed by atoms with van der Waals surface area (Å²) in [7, 11) is 1.66. The van der Waals surface area contributed by atoms with Crippen LogP contribution in [0.15, 0.2) is 73.2 Å². The average molecular weight is 459 g/mol. The molecule has 2 aromatic heterocycles. The van der Waals surface area contributed by atoms with Crippen LogP contribution in [0.3, 0.4) is 0 Å². The van der Waals surface area contributed by atoms with E-state index in [0.717, 1.165) is 46.5 Å². The van der Waals surface area contributed by atoms with Gasteiger partial charge in [-0.3, -0.25) is 5.32 Å². The molecule has 2 heterocycles. The molecular formula is C28H34N4O2. The van der Waals surface area contributed by atoms with Gasteiger partial charge in [0.05, 0.1) is 7.11 Å². The molecule has 0 aliphatic heterocycles. The Morgan fingerprint density at radius 3 is 2.56 bits per heavy atom. The summed E-state index contributed by atoms with van der Waals surface area (Å²) in [6.07, 6.45) is 11.3. The fourth-order valence-electron chi connectivity index (χ4n) is 4.62. The van der Waals surface area contributed by atoms with Gasteiger partial charge >= 0.3 is 0 Å². The number of aromatic nitrogens is 3. The zero-order valence-electron chi connectivity index (χ0n) is 20.1. The maximum Gasteiger partial charge on any atom is 0.153 e. The molecule has 0 bridgehead atoms. The van der Waals surface area contributed by atoms with Crippen molar-refractivity contribution in [3.05, 3.63) is 89.9 Å². The van der Waals surface area contributed by atoms with E-state index in [1.54, 1.807) is 18.0 Å². The number of hydrogen-bond acceptors (Lipinski definition) is 5. The van der Waals surface area contributed by atoms with Crippen LogP contribution in [0.5, 0.6) is 0 Å². The van der Waals surface area contributed by atoms with E-state index in [1.807, 2.05) is 55.7 Å². The minimum absolute atomic E-state index is 0.347. The fraction of sp³-hybridized carbons (Fsp3) is 0.357. The second-order valence-corrected chi connectivity index (χ2v) is 8.92. The molecule has 34 heavy (non-hydrogen) atoms. The lowest BCUT2D eigenvalue weighted by atomic mass is 9.93. The predicted molar refractivity (Wildman–Crippen MR) is 136 cm³/mol. The van der Waals surface area contributed by atoms with Crippen molar-refractivity contribution in [2.75, 3.05) is 7.11 Å². The Morgan fingerprint density at radius 2 is 1.91 bits per heavy atom. The summed E-state index contributed by atoms with van der Waals surface area (Å²) in [5, 5.41) is 18.5. The van der Waals surface area contributed by atoms with Crippen molar-refractivity contribution in [1.82, 2.24) is 20.1 Å². The third-order valence-electron chi connectivity index (χ3n) is 6.49. The van der Waals surface area contributed by atoms with Crippen LogP contribution in [-0.2, 0) is 11.2 Å². The van der Waals surface area contributed by atoms with E-state index < -0.39 is 6.23 Å². The number of aliphatic hydroxyl groups is 1. The number of methoxy groups -OCH3 is 1. The summed E-state index contributed by atoms with van der Waals surface area (Å²) in [5.74, 6) is 1.46. The highest BCUT2D eigenvalue weighted by Crippen LogP contribution is 2.30. The number of aliphatic hydroxyl groups excluding tert-OH is 1. The van der Waals surface area contributed by atoms with Crippen molar-refractivity contribution >= 4 is 11.3 Å². The Kier molecular flexibility index (Phi) is 7.93. The lowest BCUT2D eigenvalue weighted by Crippen LogP contribution is -2.40. The topological polar surface area (TPSA) is 72.2 Å². The minimum Gasteiger partial charge on any atom is -0.496 e. The van der Waals surface area contributed by atoms with Crippen LogP contribution in [0, 0.1) is 0 Å². The molecule has 1 saturated carbocycles. The molecule has 1 aliphatic carbocycles. The molecule has 0 saturated heterocycles. The Bertz CT molecular complexity index is 1110. The Morgan fingerprint density at radius 1 is 1.15 bits per heavy atom. The normalized spacial score (nSPS) is 16.1. The molecular weight excluding hydrogens is 424 g/mol. The van der Waals surface area contributed by atoms with Crippen molar-refractivity contribution in [2.45, 2.75) is 57.7 Å². The highest BCUT2D eigenvalue weighted by molar-refractivity contribution is 5.78. The number of nitrogens with zero attached hydrogens (tertiary/aromatic N) is 3. The third kappa shape index (κ3) is 5.64. The summed E-state index contributed by atoms with van der Waals surface area (Å²) in [5.41, 5.74) is 4.73. The van der Waals surface area contributed by atoms with E-state index >= 15 is 0 Å². The SMILES string of the molecule is C=C(Cc1ccc(-n2cccn2)nc1)c1ccccc1/C(OC)=C(\C)C(O)NC1CCCCC1. The number of hydrogen-bond donors (Lipinski definition) is 2. The maximum absolute atomic E-state index is 10.9. The second-order valence-electron chi connectivity index (χ2n) is 8.92. The second kappa shape index (κ2) is 11.3. The van der Waals surface area contributed by atoms with E-state index in [9.17, 15) is 5.11 Å². The van der Waals surface area contributed by atoms with E-state index in [4.69, 9.17) is 4.74 Å². The van der Waals surface area contributed by atoms with Gasteiger partial charge in [-0.2, -0.15) is 5.10 Å². The van der Waals surface area contributed by atoms with Gasteiger partial charge in [0.1, 0.15) is 12.0 Å². The Labute approximate surface area is 202 Å². The van der Waals surface area contributed by atoms with Gasteiger partial charge in [-0.1, -0.05) is 56.2 Å². The van der Waals surface area contributed by atoms with Crippen molar-refractivity contribution in [2.24, 2.45) is 0 Å². The summed E-state index contributed by atoms with van der Waals surface area (Å²) in [6, 6.07) is 14.3. The molecule has 1 aliphatic rings. The van der Waals surface area contributed by atoms with Gasteiger partial charge in [-0.15, -0.1) is 0 Å². The minimum atomic E-state index is -0.751. The molecule has 178 valence electrons. The molecule has 0 spiro atoms. The van der Waals surface area contributed by atoms with Crippen molar-refractivity contribution in [3.63, 3.8) is 0 Å². The van der Waals surface area contributed by atoms with Crippen LogP contribution in [-0.4, -0.2) is 39.3 Å². The average Bonchev–Trinajstić information content (AvgIpc) is 3.41. The quantitative estimate of drug-likeness (QED) is 0.343. The fourth-order valence-corrected chi connectivity index (χ4v) is 4.62. The van der Waals surface area contributed by atoms with Crippen LogP contribution >= 0.6 is 0 Å². The molecule has 1 unspecified atom stereocenters. The van der Waals surface area contributed by atoms with Crippen molar-refractivity contribution in [1.29, 1.82) is 0 Å². The first-order valence-electron chi connectivity index (χ1n) is 12.0. The van der Waals surface area contributed by atoms with Crippen LogP contribution in [0.4, 0.5) is 0 Å². The van der Waals surface area contributed by atoms with Crippen molar-refractivity contribution < 1.29 is 9.84 Å². The maximum atomic E-state index is 10.9. The summed E-state index contributed by atoms with van der Waals surface area (Å²) in [6.45, 7) is 6.29. The summed E-state index contributed by atoms with van der Waals surface area (Å²) < 4.78 is 7.56. The van der Waals surface area contributed by atoms with Gasteiger partial charge in [0.2, 0.25) is 0 Å². The number of pyridine rings is 1. The number of allylic oxidation sites excluding steroid dienone is 1. The van der Waals surface area contributed by atoms with E-state index in [0.29, 0.717) is 18.2 Å². The molecule has 1 aromatic carbocycles. The monoisotopic (exact) mass is 458 g/mol. The molecule has 3 aromatic rings. The summed E-state index contributed by atoms with van der Waals surface area (Å²) >= 11 is 0. The first-order valence-corrected chi connectivity index (χ1v) is 12.0. The molecule has 1 atom stereocenters. The molecule has 6 heteroatoms. The number of ether oxygens (including phenoxy) is 1. The molecule has 1 fully saturated rings. The van der Waals surface area contributed by atoms with Crippen molar-refractivity contribution in [3.8, 4) is 5.82 Å². The first kappa shape index (κ1) is 23.9. The molecule has 0 amide bonds. The lowest BCUT2D eigenvalue weighted by molar-refractivity contribution is 0.142. The van der Waals surface area contributed by atoms with Gasteiger partial charge in [0, 0.05) is 35.8 Å². The predicted octanol–water partition coefficient (Wildman–Crippen LogP) is 5.14. The third-order valence-corrected chi connectivity index (χ3v) is 6.49. The molecule has 0 radical (unpaired) electrons.